The van der Waals surface area contributed by atoms with E-state index in [2.05, 4.69) is 45.5 Å². The van der Waals surface area contributed by atoms with Gasteiger partial charge in [0.15, 0.2) is 6.29 Å². The second-order valence-electron chi connectivity index (χ2n) is 8.75. The first-order valence-electron chi connectivity index (χ1n) is 11.1. The summed E-state index contributed by atoms with van der Waals surface area (Å²) in [4.78, 5) is 6.76. The Kier molecular flexibility index (Phi) is 6.11. The minimum absolute atomic E-state index is 0.111. The fourth-order valence-electron chi connectivity index (χ4n) is 5.17. The second kappa shape index (κ2) is 9.12. The van der Waals surface area contributed by atoms with E-state index in [1.54, 1.807) is 6.20 Å². The Morgan fingerprint density at radius 1 is 1.07 bits per heavy atom. The third-order valence-corrected chi connectivity index (χ3v) is 6.81. The molecule has 2 N–H and O–H groups in total. The molecule has 2 bridgehead atoms. The molecule has 3 fully saturated rings. The lowest BCUT2D eigenvalue weighted by molar-refractivity contribution is -0.186. The molecule has 5 atom stereocenters. The van der Waals surface area contributed by atoms with E-state index in [0.717, 1.165) is 38.0 Å². The van der Waals surface area contributed by atoms with Gasteiger partial charge in [0.25, 0.3) is 0 Å². The van der Waals surface area contributed by atoms with Gasteiger partial charge in [-0.3, -0.25) is 9.88 Å². The Morgan fingerprint density at radius 3 is 2.63 bits per heavy atom. The number of aliphatic hydroxyl groups is 1. The molecule has 0 saturated carbocycles. The van der Waals surface area contributed by atoms with Crippen LogP contribution in [0.1, 0.15) is 24.1 Å². The van der Waals surface area contributed by atoms with Gasteiger partial charge in [-0.15, -0.1) is 0 Å². The Balaban J connectivity index is 1.20. The molecule has 30 heavy (non-hydrogen) atoms. The van der Waals surface area contributed by atoms with Crippen LogP contribution in [0.3, 0.4) is 0 Å². The molecule has 2 aromatic rings. The SMILES string of the molecule is O[C@H]1[C@H](NCc2ccccn2)[C@H]2CO[C@H](O2)[C@@H]1N1CCC(Cc2ccccc2)CC1. The van der Waals surface area contributed by atoms with Crippen LogP contribution in [0.15, 0.2) is 54.7 Å². The van der Waals surface area contributed by atoms with Crippen molar-refractivity contribution < 1.29 is 14.6 Å². The summed E-state index contributed by atoms with van der Waals surface area (Å²) in [5.74, 6) is 0.695. The van der Waals surface area contributed by atoms with Gasteiger partial charge in [0, 0.05) is 12.7 Å². The zero-order chi connectivity index (χ0) is 20.3. The van der Waals surface area contributed by atoms with Gasteiger partial charge in [0.05, 0.1) is 30.5 Å². The fraction of sp³-hybridized carbons (Fsp3) is 0.542. The maximum Gasteiger partial charge on any atom is 0.176 e. The van der Waals surface area contributed by atoms with Crippen LogP contribution in [-0.2, 0) is 22.4 Å². The highest BCUT2D eigenvalue weighted by molar-refractivity contribution is 5.15. The Morgan fingerprint density at radius 2 is 1.87 bits per heavy atom. The van der Waals surface area contributed by atoms with Gasteiger partial charge in [0.1, 0.15) is 6.10 Å². The molecule has 0 unspecified atom stereocenters. The Hall–Kier alpha value is -1.83. The molecule has 3 aliphatic rings. The first kappa shape index (κ1) is 20.1. The first-order chi connectivity index (χ1) is 14.8. The molecule has 0 radical (unpaired) electrons. The number of piperidine rings is 1. The average Bonchev–Trinajstić information content (AvgIpc) is 3.21. The van der Waals surface area contributed by atoms with E-state index >= 15 is 0 Å². The Bertz CT molecular complexity index is 798. The van der Waals surface area contributed by atoms with E-state index in [1.165, 1.54) is 5.56 Å². The van der Waals surface area contributed by atoms with Crippen LogP contribution < -0.4 is 5.32 Å². The summed E-state index contributed by atoms with van der Waals surface area (Å²) >= 11 is 0. The molecule has 160 valence electrons. The van der Waals surface area contributed by atoms with Gasteiger partial charge < -0.3 is 19.9 Å². The molecule has 0 amide bonds. The molecule has 6 nitrogen and oxygen atoms in total. The standard InChI is InChI=1S/C24H31N3O3/c28-23-21(26-15-19-8-4-5-11-25-19)20-16-29-24(30-20)22(23)27-12-9-18(10-13-27)14-17-6-2-1-3-7-17/h1-8,11,18,20-24,26,28H,9-10,12-16H2/t20-,21-,22-,23+,24-/m1/s1. The predicted molar refractivity (Wildman–Crippen MR) is 114 cm³/mol. The number of nitrogens with zero attached hydrogens (tertiary/aromatic N) is 2. The van der Waals surface area contributed by atoms with E-state index in [0.29, 0.717) is 19.1 Å². The number of pyridine rings is 1. The third-order valence-electron chi connectivity index (χ3n) is 6.81. The zero-order valence-electron chi connectivity index (χ0n) is 17.3. The molecular weight excluding hydrogens is 378 g/mol. The second-order valence-corrected chi connectivity index (χ2v) is 8.75. The van der Waals surface area contributed by atoms with Gasteiger partial charge in [0.2, 0.25) is 0 Å². The topological polar surface area (TPSA) is 66.8 Å². The molecular formula is C24H31N3O3. The summed E-state index contributed by atoms with van der Waals surface area (Å²) in [7, 11) is 0. The quantitative estimate of drug-likeness (QED) is 0.761. The van der Waals surface area contributed by atoms with Crippen LogP contribution in [-0.4, -0.2) is 65.3 Å². The fourth-order valence-corrected chi connectivity index (χ4v) is 5.17. The summed E-state index contributed by atoms with van der Waals surface area (Å²) in [6, 6.07) is 16.4. The van der Waals surface area contributed by atoms with Gasteiger partial charge in [-0.05, 0) is 56.0 Å². The summed E-state index contributed by atoms with van der Waals surface area (Å²) in [5, 5.41) is 14.7. The van der Waals surface area contributed by atoms with Gasteiger partial charge in [-0.25, -0.2) is 0 Å². The summed E-state index contributed by atoms with van der Waals surface area (Å²) in [6.45, 7) is 3.09. The minimum Gasteiger partial charge on any atom is -0.390 e. The number of benzene rings is 1. The van der Waals surface area contributed by atoms with Gasteiger partial charge in [-0.1, -0.05) is 36.4 Å². The van der Waals surface area contributed by atoms with Crippen LogP contribution in [0.5, 0.6) is 0 Å². The molecule has 0 spiro atoms. The van der Waals surface area contributed by atoms with E-state index < -0.39 is 6.10 Å². The zero-order valence-corrected chi connectivity index (χ0v) is 17.3. The highest BCUT2D eigenvalue weighted by Crippen LogP contribution is 2.34. The number of aliphatic hydroxyl groups excluding tert-OH is 1. The van der Waals surface area contributed by atoms with Crippen LogP contribution in [0.4, 0.5) is 0 Å². The number of aromatic nitrogens is 1. The lowest BCUT2D eigenvalue weighted by atomic mass is 9.87. The van der Waals surface area contributed by atoms with Crippen molar-refractivity contribution >= 4 is 0 Å². The average molecular weight is 410 g/mol. The molecule has 4 heterocycles. The number of fused-ring (bicyclic) bond motifs is 2. The van der Waals surface area contributed by atoms with Crippen LogP contribution in [0, 0.1) is 5.92 Å². The van der Waals surface area contributed by atoms with E-state index in [4.69, 9.17) is 9.47 Å². The number of ether oxygens (including phenoxy) is 2. The Labute approximate surface area is 178 Å². The van der Waals surface area contributed by atoms with Crippen molar-refractivity contribution in [2.24, 2.45) is 5.92 Å². The van der Waals surface area contributed by atoms with Crippen LogP contribution in [0.25, 0.3) is 0 Å². The van der Waals surface area contributed by atoms with Gasteiger partial charge in [-0.2, -0.15) is 0 Å². The smallest absolute Gasteiger partial charge is 0.176 e. The van der Waals surface area contributed by atoms with Crippen molar-refractivity contribution in [2.75, 3.05) is 19.7 Å². The maximum atomic E-state index is 11.3. The number of hydrogen-bond donors (Lipinski definition) is 2. The van der Waals surface area contributed by atoms with E-state index in [1.807, 2.05) is 18.2 Å². The minimum atomic E-state index is -0.523. The van der Waals surface area contributed by atoms with Crippen molar-refractivity contribution in [3.8, 4) is 0 Å². The normalized spacial score (nSPS) is 32.4. The summed E-state index contributed by atoms with van der Waals surface area (Å²) < 4.78 is 12.1. The van der Waals surface area contributed by atoms with E-state index in [9.17, 15) is 5.11 Å². The molecule has 1 aromatic heterocycles. The number of rotatable bonds is 6. The van der Waals surface area contributed by atoms with Crippen LogP contribution >= 0.6 is 0 Å². The highest BCUT2D eigenvalue weighted by Gasteiger charge is 2.52. The number of hydrogen-bond acceptors (Lipinski definition) is 6. The van der Waals surface area contributed by atoms with Crippen molar-refractivity contribution in [2.45, 2.75) is 56.4 Å². The number of nitrogens with one attached hydrogen (secondary N) is 1. The summed E-state index contributed by atoms with van der Waals surface area (Å²) in [6.07, 6.45) is 4.24. The molecule has 5 rings (SSSR count). The third kappa shape index (κ3) is 4.29. The molecule has 1 aromatic carbocycles. The summed E-state index contributed by atoms with van der Waals surface area (Å²) in [5.41, 5.74) is 2.38. The molecule has 3 aliphatic heterocycles. The number of likely N-dealkylation sites (tertiary alicyclic amines) is 1. The van der Waals surface area contributed by atoms with E-state index in [-0.39, 0.29) is 24.5 Å². The first-order valence-corrected chi connectivity index (χ1v) is 11.1. The van der Waals surface area contributed by atoms with Crippen molar-refractivity contribution in [3.05, 3.63) is 66.0 Å². The molecule has 3 saturated heterocycles. The van der Waals surface area contributed by atoms with Crippen molar-refractivity contribution in [1.82, 2.24) is 15.2 Å². The lowest BCUT2D eigenvalue weighted by Gasteiger charge is -2.46. The van der Waals surface area contributed by atoms with Crippen molar-refractivity contribution in [1.29, 1.82) is 0 Å². The maximum absolute atomic E-state index is 11.3. The largest absolute Gasteiger partial charge is 0.390 e. The molecule has 6 heteroatoms. The van der Waals surface area contributed by atoms with Gasteiger partial charge >= 0.3 is 0 Å². The monoisotopic (exact) mass is 409 g/mol. The van der Waals surface area contributed by atoms with Crippen LogP contribution in [0.2, 0.25) is 0 Å². The molecule has 0 aliphatic carbocycles. The predicted octanol–water partition coefficient (Wildman–Crippen LogP) is 1.98. The highest BCUT2D eigenvalue weighted by atomic mass is 16.7. The lowest BCUT2D eigenvalue weighted by Crippen LogP contribution is -2.65. The van der Waals surface area contributed by atoms with Crippen molar-refractivity contribution in [3.63, 3.8) is 0 Å².